The van der Waals surface area contributed by atoms with E-state index >= 15 is 0 Å². The summed E-state index contributed by atoms with van der Waals surface area (Å²) in [6.07, 6.45) is 6.28. The Bertz CT molecular complexity index is 1390. The second-order valence-electron chi connectivity index (χ2n) is 11.7. The SMILES string of the molecule is CCCCOCCOC(=O)c1ccc2c(c1)C(=O)N(CCCCCCN1C(=O)c3ccc(C(=O)OCCOCCCC)cc3C1=O)C2=O. The number of nitrogens with zero attached hydrogens (tertiary/aromatic N) is 2. The van der Waals surface area contributed by atoms with Gasteiger partial charge in [0.15, 0.2) is 0 Å². The van der Waals surface area contributed by atoms with Gasteiger partial charge >= 0.3 is 11.9 Å². The van der Waals surface area contributed by atoms with Crippen LogP contribution in [0.15, 0.2) is 36.4 Å². The zero-order valence-electron chi connectivity index (χ0n) is 27.8. The Hall–Kier alpha value is -4.42. The van der Waals surface area contributed by atoms with Crippen LogP contribution in [0.2, 0.25) is 0 Å². The largest absolute Gasteiger partial charge is 0.460 e. The second-order valence-corrected chi connectivity index (χ2v) is 11.7. The van der Waals surface area contributed by atoms with Crippen LogP contribution in [0, 0.1) is 0 Å². The van der Waals surface area contributed by atoms with Crippen molar-refractivity contribution in [2.45, 2.75) is 65.2 Å². The van der Waals surface area contributed by atoms with Crippen LogP contribution in [0.4, 0.5) is 0 Å². The van der Waals surface area contributed by atoms with Gasteiger partial charge in [0.25, 0.3) is 23.6 Å². The summed E-state index contributed by atoms with van der Waals surface area (Å²) in [6, 6.07) is 8.70. The van der Waals surface area contributed by atoms with Gasteiger partial charge in [0.2, 0.25) is 0 Å². The zero-order chi connectivity index (χ0) is 34.5. The van der Waals surface area contributed by atoms with E-state index in [9.17, 15) is 28.8 Å². The molecule has 0 aliphatic carbocycles. The van der Waals surface area contributed by atoms with Crippen LogP contribution in [0.3, 0.4) is 0 Å². The number of esters is 2. The van der Waals surface area contributed by atoms with Crippen LogP contribution in [-0.2, 0) is 18.9 Å². The number of hydrogen-bond donors (Lipinski definition) is 0. The molecule has 0 N–H and O–H groups in total. The molecule has 0 aromatic heterocycles. The molecule has 12 nitrogen and oxygen atoms in total. The number of amides is 4. The Kier molecular flexibility index (Phi) is 13.8. The minimum absolute atomic E-state index is 0.0961. The molecular weight excluding hydrogens is 620 g/mol. The van der Waals surface area contributed by atoms with E-state index in [1.807, 2.05) is 0 Å². The van der Waals surface area contributed by atoms with Crippen LogP contribution in [0.25, 0.3) is 0 Å². The van der Waals surface area contributed by atoms with Crippen molar-refractivity contribution < 1.29 is 47.7 Å². The molecule has 2 aromatic rings. The van der Waals surface area contributed by atoms with Gasteiger partial charge in [0.05, 0.1) is 46.6 Å². The standard InChI is InChI=1S/C36H44N2O10/c1-3-5-17-45-19-21-47-35(43)25-11-13-27-29(23-25)33(41)37(31(27)39)15-9-7-8-10-16-38-32(40)28-14-12-26(24-30(28)34(38)42)36(44)48-22-20-46-18-6-4-2/h11-14,23-24H,3-10,15-22H2,1-2H3. The number of unbranched alkanes of at least 4 members (excludes halogenated alkanes) is 5. The van der Waals surface area contributed by atoms with Gasteiger partial charge in [-0.15, -0.1) is 0 Å². The topological polar surface area (TPSA) is 146 Å². The van der Waals surface area contributed by atoms with E-state index in [4.69, 9.17) is 18.9 Å². The summed E-state index contributed by atoms with van der Waals surface area (Å²) in [7, 11) is 0. The number of imide groups is 2. The molecule has 2 aromatic carbocycles. The lowest BCUT2D eigenvalue weighted by molar-refractivity contribution is 0.0308. The first-order valence-electron chi connectivity index (χ1n) is 16.8. The molecular formula is C36H44N2O10. The third-order valence-corrected chi connectivity index (χ3v) is 8.13. The van der Waals surface area contributed by atoms with Crippen molar-refractivity contribution in [3.8, 4) is 0 Å². The van der Waals surface area contributed by atoms with E-state index in [1.165, 1.54) is 46.2 Å². The highest BCUT2D eigenvalue weighted by atomic mass is 16.6. The number of hydrogen-bond acceptors (Lipinski definition) is 10. The molecule has 0 saturated heterocycles. The van der Waals surface area contributed by atoms with Gasteiger partial charge in [-0.3, -0.25) is 29.0 Å². The highest BCUT2D eigenvalue weighted by Gasteiger charge is 2.37. The highest BCUT2D eigenvalue weighted by molar-refractivity contribution is 6.22. The number of benzene rings is 2. The molecule has 12 heteroatoms. The van der Waals surface area contributed by atoms with Gasteiger partial charge in [0.1, 0.15) is 13.2 Å². The van der Waals surface area contributed by atoms with Crippen molar-refractivity contribution in [3.05, 3.63) is 69.8 Å². The normalized spacial score (nSPS) is 13.7. The van der Waals surface area contributed by atoms with Crippen molar-refractivity contribution in [2.24, 2.45) is 0 Å². The predicted octanol–water partition coefficient (Wildman–Crippen LogP) is 5.09. The molecule has 2 aliphatic rings. The summed E-state index contributed by atoms with van der Waals surface area (Å²) < 4.78 is 21.2. The maximum atomic E-state index is 13.0. The van der Waals surface area contributed by atoms with Crippen molar-refractivity contribution in [1.29, 1.82) is 0 Å². The lowest BCUT2D eigenvalue weighted by Crippen LogP contribution is -2.31. The van der Waals surface area contributed by atoms with Crippen molar-refractivity contribution >= 4 is 35.6 Å². The monoisotopic (exact) mass is 664 g/mol. The maximum absolute atomic E-state index is 13.0. The summed E-state index contributed by atoms with van der Waals surface area (Å²) >= 11 is 0. The number of ether oxygens (including phenoxy) is 4. The maximum Gasteiger partial charge on any atom is 0.338 e. The van der Waals surface area contributed by atoms with Crippen LogP contribution in [-0.4, -0.2) is 98.1 Å². The van der Waals surface area contributed by atoms with Crippen LogP contribution >= 0.6 is 0 Å². The van der Waals surface area contributed by atoms with Crippen molar-refractivity contribution in [3.63, 3.8) is 0 Å². The fraction of sp³-hybridized carbons (Fsp3) is 0.500. The van der Waals surface area contributed by atoms with Crippen molar-refractivity contribution in [1.82, 2.24) is 9.80 Å². The molecule has 0 unspecified atom stereocenters. The minimum Gasteiger partial charge on any atom is -0.460 e. The Morgan fingerprint density at radius 1 is 0.500 bits per heavy atom. The Labute approximate surface area is 280 Å². The molecule has 2 heterocycles. The lowest BCUT2D eigenvalue weighted by Gasteiger charge is -2.15. The Balaban J connectivity index is 1.18. The molecule has 4 amide bonds. The molecule has 258 valence electrons. The Morgan fingerprint density at radius 3 is 1.29 bits per heavy atom. The average molecular weight is 665 g/mol. The van der Waals surface area contributed by atoms with Gasteiger partial charge in [-0.25, -0.2) is 9.59 Å². The van der Waals surface area contributed by atoms with E-state index in [2.05, 4.69) is 13.8 Å². The van der Waals surface area contributed by atoms with Crippen LogP contribution in [0.5, 0.6) is 0 Å². The number of fused-ring (bicyclic) bond motifs is 2. The first-order valence-corrected chi connectivity index (χ1v) is 16.8. The summed E-state index contributed by atoms with van der Waals surface area (Å²) in [5.74, 6) is -2.90. The summed E-state index contributed by atoms with van der Waals surface area (Å²) in [4.78, 5) is 79.0. The van der Waals surface area contributed by atoms with Gasteiger partial charge in [-0.1, -0.05) is 39.5 Å². The molecule has 4 rings (SSSR count). The lowest BCUT2D eigenvalue weighted by atomic mass is 10.1. The quantitative estimate of drug-likeness (QED) is 0.101. The van der Waals surface area contributed by atoms with Gasteiger partial charge in [-0.05, 0) is 62.1 Å². The number of rotatable bonds is 21. The van der Waals surface area contributed by atoms with Crippen molar-refractivity contribution in [2.75, 3.05) is 52.7 Å². The fourth-order valence-electron chi connectivity index (χ4n) is 5.39. The number of carbonyl (C=O) groups excluding carboxylic acids is 6. The molecule has 0 fully saturated rings. The van der Waals surface area contributed by atoms with E-state index in [0.29, 0.717) is 38.9 Å². The Morgan fingerprint density at radius 2 is 0.896 bits per heavy atom. The van der Waals surface area contributed by atoms with E-state index < -0.39 is 35.6 Å². The molecule has 48 heavy (non-hydrogen) atoms. The van der Waals surface area contributed by atoms with E-state index in [0.717, 1.165) is 25.7 Å². The smallest absolute Gasteiger partial charge is 0.338 e. The number of carbonyl (C=O) groups is 6. The van der Waals surface area contributed by atoms with Gasteiger partial charge in [-0.2, -0.15) is 0 Å². The van der Waals surface area contributed by atoms with Crippen LogP contribution < -0.4 is 0 Å². The molecule has 0 saturated carbocycles. The van der Waals surface area contributed by atoms with E-state index in [1.54, 1.807) is 0 Å². The first kappa shape index (κ1) is 36.4. The highest BCUT2D eigenvalue weighted by Crippen LogP contribution is 2.27. The molecule has 0 atom stereocenters. The van der Waals surface area contributed by atoms with Crippen LogP contribution in [0.1, 0.15) is 127 Å². The summed E-state index contributed by atoms with van der Waals surface area (Å²) in [5.41, 5.74) is 1.23. The molecule has 0 bridgehead atoms. The molecule has 2 aliphatic heterocycles. The van der Waals surface area contributed by atoms with Gasteiger partial charge < -0.3 is 18.9 Å². The van der Waals surface area contributed by atoms with Gasteiger partial charge in [0, 0.05) is 26.3 Å². The third kappa shape index (κ3) is 9.13. The minimum atomic E-state index is -0.587. The fourth-order valence-corrected chi connectivity index (χ4v) is 5.39. The molecule has 0 spiro atoms. The molecule has 0 radical (unpaired) electrons. The predicted molar refractivity (Wildman–Crippen MR) is 174 cm³/mol. The zero-order valence-corrected chi connectivity index (χ0v) is 27.8. The van der Waals surface area contributed by atoms with E-state index in [-0.39, 0.29) is 72.9 Å². The third-order valence-electron chi connectivity index (χ3n) is 8.13. The summed E-state index contributed by atoms with van der Waals surface area (Å²) in [5, 5.41) is 0. The first-order chi connectivity index (χ1) is 23.3. The average Bonchev–Trinajstić information content (AvgIpc) is 3.48. The summed E-state index contributed by atoms with van der Waals surface area (Å²) in [6.45, 7) is 6.50. The second kappa shape index (κ2) is 18.2.